The van der Waals surface area contributed by atoms with Gasteiger partial charge in [0.05, 0.1) is 0 Å². The number of aryl methyl sites for hydroxylation is 1. The van der Waals surface area contributed by atoms with E-state index < -0.39 is 0 Å². The van der Waals surface area contributed by atoms with E-state index in [9.17, 15) is 0 Å². The molecule has 0 amide bonds. The van der Waals surface area contributed by atoms with Gasteiger partial charge in [-0.25, -0.2) is 9.97 Å². The van der Waals surface area contributed by atoms with Crippen molar-refractivity contribution in [2.24, 2.45) is 5.92 Å². The van der Waals surface area contributed by atoms with Gasteiger partial charge in [0.25, 0.3) is 0 Å². The van der Waals surface area contributed by atoms with Gasteiger partial charge in [0, 0.05) is 37.6 Å². The molecule has 0 aromatic carbocycles. The first-order chi connectivity index (χ1) is 8.06. The molecular formula is C13H22N4. The van der Waals surface area contributed by atoms with Gasteiger partial charge in [0.2, 0.25) is 5.95 Å². The van der Waals surface area contributed by atoms with Crippen molar-refractivity contribution >= 4 is 5.95 Å². The van der Waals surface area contributed by atoms with Crippen LogP contribution in [0.1, 0.15) is 26.3 Å². The minimum absolute atomic E-state index is 0.458. The average Bonchev–Trinajstić information content (AvgIpc) is 2.64. The Bertz CT molecular complexity index is 360. The fourth-order valence-corrected chi connectivity index (χ4v) is 2.25. The molecule has 2 atom stereocenters. The molecule has 0 bridgehead atoms. The van der Waals surface area contributed by atoms with E-state index in [4.69, 9.17) is 0 Å². The molecule has 1 aliphatic heterocycles. The van der Waals surface area contributed by atoms with Crippen molar-refractivity contribution in [3.05, 3.63) is 18.0 Å². The molecule has 2 heterocycles. The molecular weight excluding hydrogens is 212 g/mol. The van der Waals surface area contributed by atoms with Gasteiger partial charge < -0.3 is 5.32 Å². The summed E-state index contributed by atoms with van der Waals surface area (Å²) in [6, 6.07) is 1.07. The van der Waals surface area contributed by atoms with E-state index in [-0.39, 0.29) is 0 Å². The Kier molecular flexibility index (Phi) is 3.62. The number of nitrogens with one attached hydrogen (secondary N) is 1. The highest BCUT2D eigenvalue weighted by Crippen LogP contribution is 2.21. The van der Waals surface area contributed by atoms with E-state index in [1.807, 2.05) is 19.3 Å². The minimum atomic E-state index is 0.458. The van der Waals surface area contributed by atoms with Gasteiger partial charge in [0.1, 0.15) is 0 Å². The van der Waals surface area contributed by atoms with Crippen LogP contribution in [0.15, 0.2) is 12.4 Å². The molecule has 0 spiro atoms. The molecule has 1 fully saturated rings. The molecule has 0 radical (unpaired) electrons. The van der Waals surface area contributed by atoms with Crippen LogP contribution in [0.3, 0.4) is 0 Å². The Morgan fingerprint density at radius 2 is 1.94 bits per heavy atom. The normalized spacial score (nSPS) is 25.5. The first-order valence-corrected chi connectivity index (χ1v) is 6.35. The molecule has 4 heteroatoms. The summed E-state index contributed by atoms with van der Waals surface area (Å²) in [7, 11) is 0. The smallest absolute Gasteiger partial charge is 0.222 e. The second-order valence-electron chi connectivity index (χ2n) is 5.36. The zero-order chi connectivity index (χ0) is 12.4. The molecule has 4 nitrogen and oxygen atoms in total. The van der Waals surface area contributed by atoms with Crippen LogP contribution >= 0.6 is 0 Å². The summed E-state index contributed by atoms with van der Waals surface area (Å²) in [5, 5.41) is 3.44. The van der Waals surface area contributed by atoms with Crippen molar-refractivity contribution in [2.45, 2.75) is 39.8 Å². The van der Waals surface area contributed by atoms with E-state index in [1.165, 1.54) is 0 Å². The van der Waals surface area contributed by atoms with Crippen molar-refractivity contribution in [1.82, 2.24) is 14.9 Å². The van der Waals surface area contributed by atoms with E-state index in [2.05, 4.69) is 41.0 Å². The van der Waals surface area contributed by atoms with Crippen LogP contribution in [-0.2, 0) is 0 Å². The Morgan fingerprint density at radius 3 is 2.47 bits per heavy atom. The summed E-state index contributed by atoms with van der Waals surface area (Å²) in [6.45, 7) is 11.0. The highest BCUT2D eigenvalue weighted by atomic mass is 15.2. The summed E-state index contributed by atoms with van der Waals surface area (Å²) in [5.74, 6) is 1.39. The first-order valence-electron chi connectivity index (χ1n) is 6.35. The standard InChI is InChI=1S/C13H22N4/c1-9(2)17-7-11(4)12(8-17)16-13-14-5-10(3)6-15-13/h5-6,9,11-12H,7-8H2,1-4H3,(H,14,15,16). The molecule has 0 aliphatic carbocycles. The maximum atomic E-state index is 4.31. The summed E-state index contributed by atoms with van der Waals surface area (Å²) < 4.78 is 0. The Balaban J connectivity index is 1.97. The highest BCUT2D eigenvalue weighted by Gasteiger charge is 2.31. The van der Waals surface area contributed by atoms with Crippen LogP contribution < -0.4 is 5.32 Å². The zero-order valence-corrected chi connectivity index (χ0v) is 11.1. The van der Waals surface area contributed by atoms with Crippen LogP contribution in [0, 0.1) is 12.8 Å². The topological polar surface area (TPSA) is 41.1 Å². The van der Waals surface area contributed by atoms with Gasteiger partial charge in [-0.1, -0.05) is 6.92 Å². The predicted octanol–water partition coefficient (Wildman–Crippen LogP) is 1.93. The summed E-state index contributed by atoms with van der Waals surface area (Å²) in [6.07, 6.45) is 3.71. The van der Waals surface area contributed by atoms with E-state index in [0.29, 0.717) is 18.0 Å². The lowest BCUT2D eigenvalue weighted by Gasteiger charge is -2.20. The van der Waals surface area contributed by atoms with Gasteiger partial charge in [-0.05, 0) is 32.3 Å². The Morgan fingerprint density at radius 1 is 1.29 bits per heavy atom. The number of likely N-dealkylation sites (tertiary alicyclic amines) is 1. The fraction of sp³-hybridized carbons (Fsp3) is 0.692. The monoisotopic (exact) mass is 234 g/mol. The van der Waals surface area contributed by atoms with Crippen LogP contribution in [0.5, 0.6) is 0 Å². The highest BCUT2D eigenvalue weighted by molar-refractivity contribution is 5.27. The van der Waals surface area contributed by atoms with Gasteiger partial charge in [-0.2, -0.15) is 0 Å². The van der Waals surface area contributed by atoms with Crippen molar-refractivity contribution in [3.63, 3.8) is 0 Å². The lowest BCUT2D eigenvalue weighted by molar-refractivity contribution is 0.267. The number of hydrogen-bond acceptors (Lipinski definition) is 4. The number of anilines is 1. The minimum Gasteiger partial charge on any atom is -0.350 e. The van der Waals surface area contributed by atoms with Crippen molar-refractivity contribution in [2.75, 3.05) is 18.4 Å². The Labute approximate surface area is 103 Å². The predicted molar refractivity (Wildman–Crippen MR) is 70.1 cm³/mol. The SMILES string of the molecule is Cc1cnc(NC2CN(C(C)C)CC2C)nc1. The van der Waals surface area contributed by atoms with E-state index in [1.54, 1.807) is 0 Å². The number of nitrogens with zero attached hydrogens (tertiary/aromatic N) is 3. The number of hydrogen-bond donors (Lipinski definition) is 1. The fourth-order valence-electron chi connectivity index (χ4n) is 2.25. The third-order valence-electron chi connectivity index (χ3n) is 3.47. The van der Waals surface area contributed by atoms with Crippen LogP contribution in [-0.4, -0.2) is 40.0 Å². The second-order valence-corrected chi connectivity index (χ2v) is 5.36. The zero-order valence-electron chi connectivity index (χ0n) is 11.1. The largest absolute Gasteiger partial charge is 0.350 e. The van der Waals surface area contributed by atoms with Gasteiger partial charge >= 0.3 is 0 Å². The molecule has 1 aromatic heterocycles. The van der Waals surface area contributed by atoms with Crippen molar-refractivity contribution in [1.29, 1.82) is 0 Å². The molecule has 1 N–H and O–H groups in total. The number of aromatic nitrogens is 2. The van der Waals surface area contributed by atoms with Gasteiger partial charge in [0.15, 0.2) is 0 Å². The third kappa shape index (κ3) is 2.94. The lowest BCUT2D eigenvalue weighted by Crippen LogP contribution is -2.32. The molecule has 2 rings (SSSR count). The quantitative estimate of drug-likeness (QED) is 0.867. The lowest BCUT2D eigenvalue weighted by atomic mass is 10.1. The average molecular weight is 234 g/mol. The maximum absolute atomic E-state index is 4.31. The van der Waals surface area contributed by atoms with E-state index >= 15 is 0 Å². The van der Waals surface area contributed by atoms with Gasteiger partial charge in [-0.15, -0.1) is 0 Å². The molecule has 1 aliphatic rings. The summed E-state index contributed by atoms with van der Waals surface area (Å²) in [4.78, 5) is 11.1. The molecule has 1 saturated heterocycles. The second kappa shape index (κ2) is 5.00. The molecule has 0 saturated carbocycles. The van der Waals surface area contributed by atoms with Crippen LogP contribution in [0.4, 0.5) is 5.95 Å². The molecule has 2 unspecified atom stereocenters. The van der Waals surface area contributed by atoms with Crippen molar-refractivity contribution in [3.8, 4) is 0 Å². The van der Waals surface area contributed by atoms with Crippen molar-refractivity contribution < 1.29 is 0 Å². The third-order valence-corrected chi connectivity index (χ3v) is 3.47. The van der Waals surface area contributed by atoms with E-state index in [0.717, 1.165) is 24.6 Å². The molecule has 1 aromatic rings. The Hall–Kier alpha value is -1.16. The van der Waals surface area contributed by atoms with Crippen LogP contribution in [0.2, 0.25) is 0 Å². The molecule has 17 heavy (non-hydrogen) atoms. The first kappa shape index (κ1) is 12.3. The van der Waals surface area contributed by atoms with Gasteiger partial charge in [-0.3, -0.25) is 4.90 Å². The maximum Gasteiger partial charge on any atom is 0.222 e. The molecule has 94 valence electrons. The summed E-state index contributed by atoms with van der Waals surface area (Å²) >= 11 is 0. The summed E-state index contributed by atoms with van der Waals surface area (Å²) in [5.41, 5.74) is 1.10. The number of rotatable bonds is 3. The van der Waals surface area contributed by atoms with Crippen LogP contribution in [0.25, 0.3) is 0 Å².